The van der Waals surface area contributed by atoms with Gasteiger partial charge in [0.1, 0.15) is 0 Å². The van der Waals surface area contributed by atoms with Gasteiger partial charge in [0.05, 0.1) is 6.10 Å². The van der Waals surface area contributed by atoms with Gasteiger partial charge in [0.2, 0.25) is 0 Å². The lowest BCUT2D eigenvalue weighted by molar-refractivity contribution is -0.00898. The van der Waals surface area contributed by atoms with Crippen molar-refractivity contribution in [2.45, 2.75) is 44.2 Å². The van der Waals surface area contributed by atoms with Crippen LogP contribution in [0.3, 0.4) is 0 Å². The second kappa shape index (κ2) is 3.55. The van der Waals surface area contributed by atoms with Crippen molar-refractivity contribution in [1.82, 2.24) is 5.32 Å². The number of hydrogen-bond acceptors (Lipinski definition) is 2. The summed E-state index contributed by atoms with van der Waals surface area (Å²) in [5.41, 5.74) is 0. The molecule has 11 heavy (non-hydrogen) atoms. The van der Waals surface area contributed by atoms with Gasteiger partial charge >= 0.3 is 0 Å². The molecule has 0 amide bonds. The van der Waals surface area contributed by atoms with Crippen LogP contribution in [0.4, 0.5) is 0 Å². The first-order chi connectivity index (χ1) is 5.47. The van der Waals surface area contributed by atoms with Gasteiger partial charge < -0.3 is 10.1 Å². The lowest BCUT2D eigenvalue weighted by Crippen LogP contribution is -2.43. The molecule has 2 unspecified atom stereocenters. The van der Waals surface area contributed by atoms with Gasteiger partial charge in [-0.1, -0.05) is 0 Å². The maximum Gasteiger partial charge on any atom is 0.0728 e. The Bertz CT molecular complexity index is 113. The van der Waals surface area contributed by atoms with E-state index in [9.17, 15) is 0 Å². The molecule has 2 rings (SSSR count). The first-order valence-electron chi connectivity index (χ1n) is 4.82. The highest BCUT2D eigenvalue weighted by Crippen LogP contribution is 2.20. The Morgan fingerprint density at radius 2 is 2.09 bits per heavy atom. The van der Waals surface area contributed by atoms with Crippen LogP contribution in [0.15, 0.2) is 0 Å². The van der Waals surface area contributed by atoms with Crippen LogP contribution in [0.25, 0.3) is 0 Å². The van der Waals surface area contributed by atoms with E-state index in [2.05, 4.69) is 5.32 Å². The molecule has 2 fully saturated rings. The molecule has 0 spiro atoms. The normalized spacial score (nSPS) is 39.3. The van der Waals surface area contributed by atoms with Crippen LogP contribution in [0.1, 0.15) is 32.1 Å². The summed E-state index contributed by atoms with van der Waals surface area (Å²) in [6, 6.07) is 0.672. The molecule has 0 aromatic carbocycles. The molecule has 2 atom stereocenters. The maximum absolute atomic E-state index is 5.70. The zero-order valence-corrected chi connectivity index (χ0v) is 7.01. The van der Waals surface area contributed by atoms with Crippen LogP contribution in [0.5, 0.6) is 0 Å². The molecule has 2 saturated heterocycles. The first-order valence-corrected chi connectivity index (χ1v) is 4.82. The molecule has 2 aliphatic rings. The van der Waals surface area contributed by atoms with Crippen molar-refractivity contribution in [1.29, 1.82) is 0 Å². The van der Waals surface area contributed by atoms with Crippen molar-refractivity contribution >= 4 is 0 Å². The minimum Gasteiger partial charge on any atom is -0.377 e. The highest BCUT2D eigenvalue weighted by Gasteiger charge is 2.26. The minimum atomic E-state index is 0.534. The van der Waals surface area contributed by atoms with E-state index in [1.165, 1.54) is 38.6 Å². The third-order valence-electron chi connectivity index (χ3n) is 2.76. The second-order valence-electron chi connectivity index (χ2n) is 3.61. The molecule has 0 bridgehead atoms. The van der Waals surface area contributed by atoms with E-state index in [4.69, 9.17) is 4.74 Å². The summed E-state index contributed by atoms with van der Waals surface area (Å²) >= 11 is 0. The molecule has 0 aromatic rings. The van der Waals surface area contributed by atoms with Gasteiger partial charge in [0.15, 0.2) is 0 Å². The predicted octanol–water partition coefficient (Wildman–Crippen LogP) is 1.31. The van der Waals surface area contributed by atoms with Gasteiger partial charge in [-0.15, -0.1) is 0 Å². The third kappa shape index (κ3) is 1.74. The summed E-state index contributed by atoms with van der Waals surface area (Å²) in [5, 5.41) is 3.56. The Morgan fingerprint density at radius 1 is 1.09 bits per heavy atom. The van der Waals surface area contributed by atoms with Gasteiger partial charge in [-0.25, -0.2) is 0 Å². The van der Waals surface area contributed by atoms with Crippen molar-refractivity contribution in [3.63, 3.8) is 0 Å². The van der Waals surface area contributed by atoms with E-state index >= 15 is 0 Å². The fourth-order valence-electron chi connectivity index (χ4n) is 2.12. The van der Waals surface area contributed by atoms with Crippen LogP contribution in [-0.4, -0.2) is 25.3 Å². The van der Waals surface area contributed by atoms with Gasteiger partial charge in [-0.05, 0) is 38.6 Å². The number of nitrogens with one attached hydrogen (secondary N) is 1. The molecule has 2 aliphatic heterocycles. The summed E-state index contributed by atoms with van der Waals surface area (Å²) < 4.78 is 5.70. The fourth-order valence-corrected chi connectivity index (χ4v) is 2.12. The molecule has 64 valence electrons. The Morgan fingerprint density at radius 3 is 3.09 bits per heavy atom. The summed E-state index contributed by atoms with van der Waals surface area (Å²) in [5.74, 6) is 0. The number of rotatable bonds is 0. The standard InChI is InChI=1S/C9H17NO/c1-2-6-10-8-4-3-7-11-9(8)5-1/h8-10H,1-7H2. The van der Waals surface area contributed by atoms with Crippen molar-refractivity contribution in [3.8, 4) is 0 Å². The molecule has 0 aromatic heterocycles. The first kappa shape index (κ1) is 7.56. The number of hydrogen-bond donors (Lipinski definition) is 1. The lowest BCUT2D eigenvalue weighted by Gasteiger charge is -2.30. The van der Waals surface area contributed by atoms with E-state index in [1.807, 2.05) is 0 Å². The van der Waals surface area contributed by atoms with Crippen molar-refractivity contribution in [2.75, 3.05) is 13.2 Å². The van der Waals surface area contributed by atoms with Crippen molar-refractivity contribution in [3.05, 3.63) is 0 Å². The Balaban J connectivity index is 1.93. The molecule has 2 heteroatoms. The third-order valence-corrected chi connectivity index (χ3v) is 2.76. The summed E-state index contributed by atoms with van der Waals surface area (Å²) in [6.07, 6.45) is 7.05. The van der Waals surface area contributed by atoms with Crippen molar-refractivity contribution in [2.24, 2.45) is 0 Å². The lowest BCUT2D eigenvalue weighted by atomic mass is 10.0. The molecular formula is C9H17NO. The SMILES string of the molecule is C1CCC2OCCCC2NC1. The van der Waals surface area contributed by atoms with Crippen molar-refractivity contribution < 1.29 is 4.74 Å². The molecule has 0 radical (unpaired) electrons. The summed E-state index contributed by atoms with van der Waals surface area (Å²) in [4.78, 5) is 0. The average molecular weight is 155 g/mol. The van der Waals surface area contributed by atoms with Gasteiger partial charge in [0.25, 0.3) is 0 Å². The monoisotopic (exact) mass is 155 g/mol. The molecule has 1 N–H and O–H groups in total. The maximum atomic E-state index is 5.70. The van der Waals surface area contributed by atoms with Crippen LogP contribution in [0.2, 0.25) is 0 Å². The average Bonchev–Trinajstić information content (AvgIpc) is 2.28. The van der Waals surface area contributed by atoms with E-state index in [-0.39, 0.29) is 0 Å². The topological polar surface area (TPSA) is 21.3 Å². The Labute approximate surface area is 68.3 Å². The zero-order valence-electron chi connectivity index (χ0n) is 7.01. The van der Waals surface area contributed by atoms with Gasteiger partial charge in [-0.3, -0.25) is 0 Å². The van der Waals surface area contributed by atoms with Crippen LogP contribution in [0, 0.1) is 0 Å². The Hall–Kier alpha value is -0.0800. The molecule has 2 nitrogen and oxygen atoms in total. The number of fused-ring (bicyclic) bond motifs is 1. The molecule has 2 heterocycles. The summed E-state index contributed by atoms with van der Waals surface area (Å²) in [6.45, 7) is 2.19. The fraction of sp³-hybridized carbons (Fsp3) is 1.00. The highest BCUT2D eigenvalue weighted by atomic mass is 16.5. The Kier molecular flexibility index (Phi) is 2.44. The summed E-state index contributed by atoms with van der Waals surface area (Å²) in [7, 11) is 0. The largest absolute Gasteiger partial charge is 0.377 e. The van der Waals surface area contributed by atoms with Gasteiger partial charge in [-0.2, -0.15) is 0 Å². The highest BCUT2D eigenvalue weighted by molar-refractivity contribution is 4.82. The van der Waals surface area contributed by atoms with E-state index in [1.54, 1.807) is 0 Å². The quantitative estimate of drug-likeness (QED) is 0.569. The molecular weight excluding hydrogens is 138 g/mol. The van der Waals surface area contributed by atoms with E-state index < -0.39 is 0 Å². The zero-order chi connectivity index (χ0) is 7.52. The van der Waals surface area contributed by atoms with E-state index in [0.717, 1.165) is 6.61 Å². The molecule has 0 aliphatic carbocycles. The van der Waals surface area contributed by atoms with E-state index in [0.29, 0.717) is 12.1 Å². The predicted molar refractivity (Wildman–Crippen MR) is 44.6 cm³/mol. The van der Waals surface area contributed by atoms with Gasteiger partial charge in [0, 0.05) is 12.6 Å². The number of ether oxygens (including phenoxy) is 1. The smallest absolute Gasteiger partial charge is 0.0728 e. The second-order valence-corrected chi connectivity index (χ2v) is 3.61. The van der Waals surface area contributed by atoms with Crippen LogP contribution in [-0.2, 0) is 4.74 Å². The molecule has 0 saturated carbocycles. The minimum absolute atomic E-state index is 0.534. The van der Waals surface area contributed by atoms with Crippen LogP contribution >= 0.6 is 0 Å². The van der Waals surface area contributed by atoms with Crippen LogP contribution < -0.4 is 5.32 Å².